The molecule has 0 bridgehead atoms. The van der Waals surface area contributed by atoms with Crippen LogP contribution in [-0.4, -0.2) is 25.8 Å². The summed E-state index contributed by atoms with van der Waals surface area (Å²) in [5, 5.41) is 3.26. The Labute approximate surface area is 70.3 Å². The van der Waals surface area contributed by atoms with Gasteiger partial charge in [0.15, 0.2) is 0 Å². The Morgan fingerprint density at radius 2 is 1.82 bits per heavy atom. The molecule has 0 aliphatic rings. The predicted octanol–water partition coefficient (Wildman–Crippen LogP) is 1.80. The zero-order chi connectivity index (χ0) is 8.69. The molecule has 0 amide bonds. The van der Waals surface area contributed by atoms with Crippen LogP contribution in [0.2, 0.25) is 0 Å². The van der Waals surface area contributed by atoms with E-state index in [4.69, 9.17) is 4.74 Å². The Bertz CT molecular complexity index is 81.6. The van der Waals surface area contributed by atoms with Crippen LogP contribution in [0.4, 0.5) is 0 Å². The first kappa shape index (κ1) is 10.9. The maximum absolute atomic E-state index is 5.57. The average molecular weight is 159 g/mol. The van der Waals surface area contributed by atoms with Crippen molar-refractivity contribution >= 4 is 0 Å². The quantitative estimate of drug-likeness (QED) is 0.638. The Balaban J connectivity index is 3.76. The average Bonchev–Trinajstić information content (AvgIpc) is 2.05. The summed E-state index contributed by atoms with van der Waals surface area (Å²) in [6, 6.07) is 0.514. The van der Waals surface area contributed by atoms with E-state index in [0.29, 0.717) is 12.1 Å². The van der Waals surface area contributed by atoms with Gasteiger partial charge in [0.25, 0.3) is 0 Å². The fraction of sp³-hybridized carbons (Fsp3) is 1.00. The van der Waals surface area contributed by atoms with Crippen molar-refractivity contribution in [3.63, 3.8) is 0 Å². The van der Waals surface area contributed by atoms with E-state index in [0.717, 1.165) is 19.4 Å². The van der Waals surface area contributed by atoms with Gasteiger partial charge in [-0.3, -0.25) is 0 Å². The normalized spacial score (nSPS) is 16.4. The molecule has 1 N–H and O–H groups in total. The molecule has 11 heavy (non-hydrogen) atoms. The van der Waals surface area contributed by atoms with E-state index in [2.05, 4.69) is 19.2 Å². The topological polar surface area (TPSA) is 21.3 Å². The fourth-order valence-corrected chi connectivity index (χ4v) is 1.39. The van der Waals surface area contributed by atoms with Crippen molar-refractivity contribution in [2.45, 2.75) is 45.8 Å². The van der Waals surface area contributed by atoms with Crippen LogP contribution in [-0.2, 0) is 4.74 Å². The Hall–Kier alpha value is -0.0800. The molecule has 0 radical (unpaired) electrons. The summed E-state index contributed by atoms with van der Waals surface area (Å²) >= 11 is 0. The molecule has 0 rings (SSSR count). The van der Waals surface area contributed by atoms with Gasteiger partial charge in [0.05, 0.1) is 6.10 Å². The molecule has 0 heterocycles. The van der Waals surface area contributed by atoms with Gasteiger partial charge in [-0.25, -0.2) is 0 Å². The number of rotatable bonds is 6. The van der Waals surface area contributed by atoms with Crippen LogP contribution in [0, 0.1) is 0 Å². The molecule has 0 saturated carbocycles. The van der Waals surface area contributed by atoms with Gasteiger partial charge in [-0.1, -0.05) is 13.8 Å². The summed E-state index contributed by atoms with van der Waals surface area (Å²) < 4.78 is 5.57. The standard InChI is InChI=1S/C9H21NO/c1-5-8(10-4)9(6-2)11-7-3/h8-10H,5-7H2,1-4H3. The second-order valence-electron chi connectivity index (χ2n) is 2.71. The summed E-state index contributed by atoms with van der Waals surface area (Å²) in [6.07, 6.45) is 2.61. The molecule has 0 aromatic heterocycles. The molecule has 0 fully saturated rings. The Morgan fingerprint density at radius 3 is 2.09 bits per heavy atom. The zero-order valence-electron chi connectivity index (χ0n) is 8.18. The number of likely N-dealkylation sites (N-methyl/N-ethyl adjacent to an activating group) is 1. The third-order valence-electron chi connectivity index (χ3n) is 2.04. The molecule has 0 spiro atoms. The molecule has 2 atom stereocenters. The van der Waals surface area contributed by atoms with E-state index >= 15 is 0 Å². The minimum absolute atomic E-state index is 0.384. The summed E-state index contributed by atoms with van der Waals surface area (Å²) in [4.78, 5) is 0. The molecule has 0 aliphatic heterocycles. The van der Waals surface area contributed by atoms with Crippen molar-refractivity contribution in [3.05, 3.63) is 0 Å². The summed E-state index contributed by atoms with van der Waals surface area (Å²) in [5.41, 5.74) is 0. The maximum atomic E-state index is 5.57. The van der Waals surface area contributed by atoms with E-state index in [-0.39, 0.29) is 0 Å². The monoisotopic (exact) mass is 159 g/mol. The van der Waals surface area contributed by atoms with Crippen LogP contribution < -0.4 is 5.32 Å². The van der Waals surface area contributed by atoms with Gasteiger partial charge < -0.3 is 10.1 Å². The van der Waals surface area contributed by atoms with Gasteiger partial charge in [-0.05, 0) is 26.8 Å². The zero-order valence-corrected chi connectivity index (χ0v) is 8.18. The van der Waals surface area contributed by atoms with Crippen LogP contribution >= 0.6 is 0 Å². The van der Waals surface area contributed by atoms with Crippen LogP contribution in [0.5, 0.6) is 0 Å². The number of hydrogen-bond acceptors (Lipinski definition) is 2. The van der Waals surface area contributed by atoms with Crippen LogP contribution in [0.25, 0.3) is 0 Å². The van der Waals surface area contributed by atoms with E-state index in [1.54, 1.807) is 0 Å². The molecule has 2 unspecified atom stereocenters. The minimum atomic E-state index is 0.384. The van der Waals surface area contributed by atoms with Crippen LogP contribution in [0.1, 0.15) is 33.6 Å². The smallest absolute Gasteiger partial charge is 0.0725 e. The van der Waals surface area contributed by atoms with Crippen molar-refractivity contribution in [1.29, 1.82) is 0 Å². The lowest BCUT2D eigenvalue weighted by atomic mass is 10.1. The highest BCUT2D eigenvalue weighted by molar-refractivity contribution is 4.72. The van der Waals surface area contributed by atoms with Gasteiger partial charge >= 0.3 is 0 Å². The molecule has 2 heteroatoms. The second-order valence-corrected chi connectivity index (χ2v) is 2.71. The molecule has 0 aromatic carbocycles. The molecule has 0 aliphatic carbocycles. The molecule has 0 aromatic rings. The van der Waals surface area contributed by atoms with Gasteiger partial charge in [-0.2, -0.15) is 0 Å². The first-order valence-electron chi connectivity index (χ1n) is 4.58. The number of hydrogen-bond donors (Lipinski definition) is 1. The maximum Gasteiger partial charge on any atom is 0.0725 e. The lowest BCUT2D eigenvalue weighted by Gasteiger charge is -2.24. The molecular weight excluding hydrogens is 138 g/mol. The van der Waals surface area contributed by atoms with Crippen molar-refractivity contribution in [3.8, 4) is 0 Å². The van der Waals surface area contributed by atoms with E-state index in [1.807, 2.05) is 14.0 Å². The van der Waals surface area contributed by atoms with Gasteiger partial charge in [0.2, 0.25) is 0 Å². The molecule has 0 saturated heterocycles. The highest BCUT2D eigenvalue weighted by atomic mass is 16.5. The Kier molecular flexibility index (Phi) is 6.57. The summed E-state index contributed by atoms with van der Waals surface area (Å²) in [5.74, 6) is 0. The SMILES string of the molecule is CCOC(CC)C(CC)NC. The minimum Gasteiger partial charge on any atom is -0.377 e. The van der Waals surface area contributed by atoms with Gasteiger partial charge in [0.1, 0.15) is 0 Å². The van der Waals surface area contributed by atoms with Crippen LogP contribution in [0.15, 0.2) is 0 Å². The van der Waals surface area contributed by atoms with Crippen LogP contribution in [0.3, 0.4) is 0 Å². The summed E-state index contributed by atoms with van der Waals surface area (Å²) in [7, 11) is 2.00. The fourth-order valence-electron chi connectivity index (χ4n) is 1.39. The highest BCUT2D eigenvalue weighted by Gasteiger charge is 2.15. The third-order valence-corrected chi connectivity index (χ3v) is 2.04. The molecular formula is C9H21NO. The third kappa shape index (κ3) is 3.73. The van der Waals surface area contributed by atoms with E-state index in [9.17, 15) is 0 Å². The molecule has 2 nitrogen and oxygen atoms in total. The Morgan fingerprint density at radius 1 is 1.18 bits per heavy atom. The first-order chi connectivity index (χ1) is 5.29. The number of ether oxygens (including phenoxy) is 1. The summed E-state index contributed by atoms with van der Waals surface area (Å²) in [6.45, 7) is 7.21. The van der Waals surface area contributed by atoms with Crippen molar-refractivity contribution in [2.24, 2.45) is 0 Å². The van der Waals surface area contributed by atoms with Crippen molar-refractivity contribution in [2.75, 3.05) is 13.7 Å². The molecule has 68 valence electrons. The van der Waals surface area contributed by atoms with Gasteiger partial charge in [0, 0.05) is 12.6 Å². The van der Waals surface area contributed by atoms with Crippen molar-refractivity contribution < 1.29 is 4.74 Å². The van der Waals surface area contributed by atoms with E-state index < -0.39 is 0 Å². The highest BCUT2D eigenvalue weighted by Crippen LogP contribution is 2.06. The predicted molar refractivity (Wildman–Crippen MR) is 48.8 cm³/mol. The largest absolute Gasteiger partial charge is 0.377 e. The van der Waals surface area contributed by atoms with Crippen molar-refractivity contribution in [1.82, 2.24) is 5.32 Å². The van der Waals surface area contributed by atoms with E-state index in [1.165, 1.54) is 0 Å². The lowest BCUT2D eigenvalue weighted by molar-refractivity contribution is 0.0329. The second kappa shape index (κ2) is 6.62. The lowest BCUT2D eigenvalue weighted by Crippen LogP contribution is -2.38. The first-order valence-corrected chi connectivity index (χ1v) is 4.58. The number of nitrogens with one attached hydrogen (secondary N) is 1. The van der Waals surface area contributed by atoms with Gasteiger partial charge in [-0.15, -0.1) is 0 Å².